The van der Waals surface area contributed by atoms with Crippen LogP contribution in [0.25, 0.3) is 0 Å². The molecule has 29 heavy (non-hydrogen) atoms. The predicted molar refractivity (Wildman–Crippen MR) is 117 cm³/mol. The van der Waals surface area contributed by atoms with E-state index in [2.05, 4.69) is 5.32 Å². The highest BCUT2D eigenvalue weighted by Gasteiger charge is 2.09. The van der Waals surface area contributed by atoms with Gasteiger partial charge in [0.2, 0.25) is 0 Å². The van der Waals surface area contributed by atoms with E-state index < -0.39 is 5.82 Å². The summed E-state index contributed by atoms with van der Waals surface area (Å²) in [5, 5.41) is 4.28. The molecule has 0 aliphatic heterocycles. The zero-order valence-corrected chi connectivity index (χ0v) is 17.9. The first kappa shape index (κ1) is 21.6. The summed E-state index contributed by atoms with van der Waals surface area (Å²) in [5.41, 5.74) is 2.62. The van der Waals surface area contributed by atoms with Crippen LogP contribution in [0.2, 0.25) is 15.1 Å². The Balaban J connectivity index is 1.68. The van der Waals surface area contributed by atoms with Gasteiger partial charge < -0.3 is 14.8 Å². The highest BCUT2D eigenvalue weighted by molar-refractivity contribution is 6.42. The lowest BCUT2D eigenvalue weighted by atomic mass is 10.2. The van der Waals surface area contributed by atoms with E-state index in [-0.39, 0.29) is 5.02 Å². The Morgan fingerprint density at radius 3 is 2.31 bits per heavy atom. The normalized spacial score (nSPS) is 10.7. The Morgan fingerprint density at radius 2 is 1.59 bits per heavy atom. The van der Waals surface area contributed by atoms with E-state index in [0.717, 1.165) is 16.8 Å². The third kappa shape index (κ3) is 5.92. The molecule has 0 atom stereocenters. The van der Waals surface area contributed by atoms with Crippen molar-refractivity contribution in [3.05, 3.63) is 86.6 Å². The van der Waals surface area contributed by atoms with Gasteiger partial charge in [-0.05, 0) is 60.5 Å². The lowest BCUT2D eigenvalue weighted by Gasteiger charge is -2.14. The van der Waals surface area contributed by atoms with Gasteiger partial charge in [0.15, 0.2) is 11.5 Å². The predicted octanol–water partition coefficient (Wildman–Crippen LogP) is 7.38. The van der Waals surface area contributed by atoms with Crippen LogP contribution < -0.4 is 14.8 Å². The van der Waals surface area contributed by atoms with E-state index in [1.807, 2.05) is 31.2 Å². The molecule has 0 aromatic heterocycles. The van der Waals surface area contributed by atoms with Gasteiger partial charge in [-0.1, -0.05) is 46.9 Å². The Bertz CT molecular complexity index is 998. The molecule has 3 rings (SSSR count). The first-order valence-electron chi connectivity index (χ1n) is 8.97. The molecule has 0 saturated carbocycles. The summed E-state index contributed by atoms with van der Waals surface area (Å²) in [6.45, 7) is 3.28. The summed E-state index contributed by atoms with van der Waals surface area (Å²) in [6.07, 6.45) is 0. The number of halogens is 4. The summed E-state index contributed by atoms with van der Waals surface area (Å²) < 4.78 is 24.9. The van der Waals surface area contributed by atoms with Crippen molar-refractivity contribution in [1.82, 2.24) is 0 Å². The molecule has 1 N–H and O–H groups in total. The maximum atomic E-state index is 13.3. The molecule has 0 fully saturated rings. The minimum Gasteiger partial charge on any atom is -0.490 e. The molecule has 0 heterocycles. The summed E-state index contributed by atoms with van der Waals surface area (Å²) in [4.78, 5) is 0. The van der Waals surface area contributed by atoms with Crippen LogP contribution in [0.15, 0.2) is 54.6 Å². The Hall–Kier alpha value is -2.14. The van der Waals surface area contributed by atoms with E-state index in [1.54, 1.807) is 24.3 Å². The molecule has 0 saturated heterocycles. The zero-order valence-electron chi connectivity index (χ0n) is 15.6. The van der Waals surface area contributed by atoms with Crippen LogP contribution in [-0.2, 0) is 13.2 Å². The SMILES string of the molecule is CCOc1cc(CNc2ccc(F)c(Cl)c2)ccc1OCc1ccc(Cl)c(Cl)c1. The van der Waals surface area contributed by atoms with Crippen LogP contribution in [0.4, 0.5) is 10.1 Å². The summed E-state index contributed by atoms with van der Waals surface area (Å²) in [5.74, 6) is 0.829. The molecular formula is C22H19Cl3FNO2. The lowest BCUT2D eigenvalue weighted by Crippen LogP contribution is -2.03. The Morgan fingerprint density at radius 1 is 0.793 bits per heavy atom. The van der Waals surface area contributed by atoms with E-state index in [0.29, 0.717) is 41.3 Å². The highest BCUT2D eigenvalue weighted by Crippen LogP contribution is 2.31. The van der Waals surface area contributed by atoms with Crippen molar-refractivity contribution in [3.8, 4) is 11.5 Å². The maximum Gasteiger partial charge on any atom is 0.161 e. The van der Waals surface area contributed by atoms with Crippen LogP contribution >= 0.6 is 34.8 Å². The summed E-state index contributed by atoms with van der Waals surface area (Å²) >= 11 is 17.8. The van der Waals surface area contributed by atoms with Crippen molar-refractivity contribution in [2.75, 3.05) is 11.9 Å². The van der Waals surface area contributed by atoms with Gasteiger partial charge in [0.1, 0.15) is 12.4 Å². The smallest absolute Gasteiger partial charge is 0.161 e. The summed E-state index contributed by atoms with van der Waals surface area (Å²) in [7, 11) is 0. The first-order chi connectivity index (χ1) is 14.0. The van der Waals surface area contributed by atoms with Gasteiger partial charge >= 0.3 is 0 Å². The molecule has 3 aromatic carbocycles. The van der Waals surface area contributed by atoms with Gasteiger partial charge in [-0.15, -0.1) is 0 Å². The molecule has 0 aliphatic carbocycles. The average molecular weight is 455 g/mol. The highest BCUT2D eigenvalue weighted by atomic mass is 35.5. The molecule has 0 bridgehead atoms. The van der Waals surface area contributed by atoms with Crippen LogP contribution in [0.1, 0.15) is 18.1 Å². The number of rotatable bonds is 8. The van der Waals surface area contributed by atoms with E-state index >= 15 is 0 Å². The van der Waals surface area contributed by atoms with Gasteiger partial charge in [0.25, 0.3) is 0 Å². The molecular weight excluding hydrogens is 436 g/mol. The topological polar surface area (TPSA) is 30.5 Å². The quantitative estimate of drug-likeness (QED) is 0.385. The Kier molecular flexibility index (Phi) is 7.48. The zero-order chi connectivity index (χ0) is 20.8. The fraction of sp³-hybridized carbons (Fsp3) is 0.182. The molecule has 0 aliphatic rings. The largest absolute Gasteiger partial charge is 0.490 e. The number of hydrogen-bond acceptors (Lipinski definition) is 3. The number of nitrogens with one attached hydrogen (secondary N) is 1. The molecule has 3 nitrogen and oxygen atoms in total. The van der Waals surface area contributed by atoms with Gasteiger partial charge in [-0.3, -0.25) is 0 Å². The van der Waals surface area contributed by atoms with Crippen LogP contribution in [-0.4, -0.2) is 6.61 Å². The molecule has 0 radical (unpaired) electrons. The second-order valence-electron chi connectivity index (χ2n) is 6.23. The Labute approximate surface area is 184 Å². The number of ether oxygens (including phenoxy) is 2. The van der Waals surface area contributed by atoms with Gasteiger partial charge in [-0.25, -0.2) is 4.39 Å². The molecule has 152 valence electrons. The van der Waals surface area contributed by atoms with E-state index in [1.165, 1.54) is 6.07 Å². The number of anilines is 1. The maximum absolute atomic E-state index is 13.3. The molecule has 3 aromatic rings. The van der Waals surface area contributed by atoms with Crippen molar-refractivity contribution in [3.63, 3.8) is 0 Å². The second-order valence-corrected chi connectivity index (χ2v) is 7.46. The third-order valence-electron chi connectivity index (χ3n) is 4.10. The fourth-order valence-electron chi connectivity index (χ4n) is 2.65. The lowest BCUT2D eigenvalue weighted by molar-refractivity contribution is 0.269. The van der Waals surface area contributed by atoms with Crippen LogP contribution in [0.5, 0.6) is 11.5 Å². The van der Waals surface area contributed by atoms with Crippen molar-refractivity contribution in [2.45, 2.75) is 20.1 Å². The van der Waals surface area contributed by atoms with E-state index in [4.69, 9.17) is 44.3 Å². The van der Waals surface area contributed by atoms with Crippen LogP contribution in [0.3, 0.4) is 0 Å². The summed E-state index contributed by atoms with van der Waals surface area (Å²) in [6, 6.07) is 15.6. The van der Waals surface area contributed by atoms with Crippen molar-refractivity contribution in [1.29, 1.82) is 0 Å². The second kappa shape index (κ2) is 10.1. The third-order valence-corrected chi connectivity index (χ3v) is 5.13. The minimum atomic E-state index is -0.445. The molecule has 7 heteroatoms. The van der Waals surface area contributed by atoms with Gasteiger partial charge in [0, 0.05) is 12.2 Å². The van der Waals surface area contributed by atoms with Crippen molar-refractivity contribution in [2.24, 2.45) is 0 Å². The monoisotopic (exact) mass is 453 g/mol. The molecule has 0 amide bonds. The number of hydrogen-bond donors (Lipinski definition) is 1. The number of benzene rings is 3. The van der Waals surface area contributed by atoms with Crippen LogP contribution in [0, 0.1) is 5.82 Å². The van der Waals surface area contributed by atoms with Gasteiger partial charge in [-0.2, -0.15) is 0 Å². The standard InChI is InChI=1S/C22H19Cl3FNO2/c1-2-28-22-10-14(12-27-16-5-7-20(26)19(25)11-16)4-8-21(22)29-13-15-3-6-17(23)18(24)9-15/h3-11,27H,2,12-13H2,1H3. The van der Waals surface area contributed by atoms with Crippen molar-refractivity contribution < 1.29 is 13.9 Å². The molecule has 0 unspecified atom stereocenters. The van der Waals surface area contributed by atoms with Gasteiger partial charge in [0.05, 0.1) is 21.7 Å². The fourth-order valence-corrected chi connectivity index (χ4v) is 3.15. The minimum absolute atomic E-state index is 0.0797. The molecule has 0 spiro atoms. The van der Waals surface area contributed by atoms with E-state index in [9.17, 15) is 4.39 Å². The average Bonchev–Trinajstić information content (AvgIpc) is 2.71. The first-order valence-corrected chi connectivity index (χ1v) is 10.1. The van der Waals surface area contributed by atoms with Crippen molar-refractivity contribution >= 4 is 40.5 Å².